The fourth-order valence-electron chi connectivity index (χ4n) is 1.51. The smallest absolute Gasteiger partial charge is 0.261 e. The van der Waals surface area contributed by atoms with E-state index in [0.717, 1.165) is 17.6 Å². The molecule has 1 amide bonds. The second kappa shape index (κ2) is 4.87. The van der Waals surface area contributed by atoms with Crippen LogP contribution in [0.4, 0.5) is 10.3 Å². The van der Waals surface area contributed by atoms with Crippen molar-refractivity contribution in [1.29, 1.82) is 0 Å². The van der Waals surface area contributed by atoms with Crippen LogP contribution >= 0.6 is 0 Å². The van der Waals surface area contributed by atoms with Crippen molar-refractivity contribution in [3.8, 4) is 0 Å². The molecule has 2 heterocycles. The molecule has 18 heavy (non-hydrogen) atoms. The van der Waals surface area contributed by atoms with Crippen LogP contribution in [-0.4, -0.2) is 20.9 Å². The first-order valence-electron chi connectivity index (χ1n) is 5.29. The molecule has 2 rings (SSSR count). The number of hydrogen-bond donors (Lipinski definition) is 1. The molecular formula is C12H11FN4O. The van der Waals surface area contributed by atoms with E-state index in [4.69, 9.17) is 0 Å². The average Bonchev–Trinajstić information content (AvgIpc) is 2.27. The molecule has 0 bridgehead atoms. The molecule has 92 valence electrons. The molecule has 0 spiro atoms. The number of aryl methyl sites for hydroxylation is 2. The Bertz CT molecular complexity index is 580. The van der Waals surface area contributed by atoms with Gasteiger partial charge in [-0.1, -0.05) is 0 Å². The first-order valence-corrected chi connectivity index (χ1v) is 5.29. The Kier molecular flexibility index (Phi) is 3.27. The number of anilines is 1. The fourth-order valence-corrected chi connectivity index (χ4v) is 1.51. The van der Waals surface area contributed by atoms with Gasteiger partial charge < -0.3 is 0 Å². The number of carbonyl (C=O) groups is 1. The third-order valence-corrected chi connectivity index (χ3v) is 2.22. The minimum Gasteiger partial charge on any atom is -0.290 e. The lowest BCUT2D eigenvalue weighted by Gasteiger charge is -2.05. The molecule has 0 fully saturated rings. The van der Waals surface area contributed by atoms with Gasteiger partial charge in [0.15, 0.2) is 5.82 Å². The minimum absolute atomic E-state index is 0.0900. The van der Waals surface area contributed by atoms with Crippen LogP contribution in [-0.2, 0) is 0 Å². The van der Waals surface area contributed by atoms with Gasteiger partial charge in [-0.05, 0) is 26.0 Å². The first kappa shape index (κ1) is 12.1. The number of rotatable bonds is 2. The van der Waals surface area contributed by atoms with Crippen molar-refractivity contribution in [3.05, 3.63) is 47.3 Å². The van der Waals surface area contributed by atoms with Gasteiger partial charge >= 0.3 is 0 Å². The fraction of sp³-hybridized carbons (Fsp3) is 0.167. The zero-order valence-electron chi connectivity index (χ0n) is 9.94. The molecule has 2 aromatic heterocycles. The molecule has 0 atom stereocenters. The van der Waals surface area contributed by atoms with E-state index in [1.165, 1.54) is 12.3 Å². The summed E-state index contributed by atoms with van der Waals surface area (Å²) in [5.41, 5.74) is 1.37. The quantitative estimate of drug-likeness (QED) is 0.878. The highest BCUT2D eigenvalue weighted by molar-refractivity contribution is 6.03. The van der Waals surface area contributed by atoms with E-state index in [9.17, 15) is 9.18 Å². The normalized spacial score (nSPS) is 10.2. The molecule has 0 aliphatic heterocycles. The van der Waals surface area contributed by atoms with Crippen molar-refractivity contribution in [2.24, 2.45) is 0 Å². The average molecular weight is 246 g/mol. The van der Waals surface area contributed by atoms with Crippen molar-refractivity contribution >= 4 is 11.9 Å². The monoisotopic (exact) mass is 246 g/mol. The standard InChI is InChI=1S/C12H11FN4O/c1-7-5-8(2)16-12(15-7)17-11(18)9-3-4-14-6-10(9)13/h3-6H,1-2H3,(H,15,16,17,18). The van der Waals surface area contributed by atoms with Crippen LogP contribution in [0.25, 0.3) is 0 Å². The maximum atomic E-state index is 13.3. The van der Waals surface area contributed by atoms with E-state index in [0.29, 0.717) is 0 Å². The van der Waals surface area contributed by atoms with Crippen molar-refractivity contribution in [2.75, 3.05) is 5.32 Å². The molecular weight excluding hydrogens is 235 g/mol. The summed E-state index contributed by atoms with van der Waals surface area (Å²) in [6.07, 6.45) is 2.33. The first-order chi connectivity index (χ1) is 8.56. The number of nitrogens with one attached hydrogen (secondary N) is 1. The van der Waals surface area contributed by atoms with E-state index in [1.807, 2.05) is 0 Å². The third kappa shape index (κ3) is 2.65. The van der Waals surface area contributed by atoms with Crippen molar-refractivity contribution < 1.29 is 9.18 Å². The maximum absolute atomic E-state index is 13.3. The van der Waals surface area contributed by atoms with E-state index in [-0.39, 0.29) is 11.5 Å². The van der Waals surface area contributed by atoms with Crippen LogP contribution < -0.4 is 5.32 Å². The zero-order valence-corrected chi connectivity index (χ0v) is 9.94. The molecule has 0 saturated heterocycles. The largest absolute Gasteiger partial charge is 0.290 e. The van der Waals surface area contributed by atoms with Gasteiger partial charge in [0.05, 0.1) is 11.8 Å². The van der Waals surface area contributed by atoms with Crippen molar-refractivity contribution in [1.82, 2.24) is 15.0 Å². The second-order valence-electron chi connectivity index (χ2n) is 3.78. The summed E-state index contributed by atoms with van der Waals surface area (Å²) < 4.78 is 13.3. The number of hydrogen-bond acceptors (Lipinski definition) is 4. The van der Waals surface area contributed by atoms with Gasteiger partial charge in [-0.25, -0.2) is 14.4 Å². The van der Waals surface area contributed by atoms with Gasteiger partial charge in [-0.3, -0.25) is 15.1 Å². The predicted octanol–water partition coefficient (Wildman–Crippen LogP) is 1.88. The number of amides is 1. The Labute approximate surface area is 103 Å². The van der Waals surface area contributed by atoms with E-state index < -0.39 is 11.7 Å². The minimum atomic E-state index is -0.681. The summed E-state index contributed by atoms with van der Waals surface area (Å²) in [6.45, 7) is 3.58. The number of halogens is 1. The van der Waals surface area contributed by atoms with Crippen molar-refractivity contribution in [3.63, 3.8) is 0 Å². The van der Waals surface area contributed by atoms with E-state index >= 15 is 0 Å². The molecule has 0 unspecified atom stereocenters. The van der Waals surface area contributed by atoms with Crippen LogP contribution in [0.5, 0.6) is 0 Å². The lowest BCUT2D eigenvalue weighted by atomic mass is 10.2. The topological polar surface area (TPSA) is 67.8 Å². The molecule has 6 heteroatoms. The Hall–Kier alpha value is -2.37. The van der Waals surface area contributed by atoms with Gasteiger partial charge in [-0.15, -0.1) is 0 Å². The maximum Gasteiger partial charge on any atom is 0.261 e. The summed E-state index contributed by atoms with van der Waals surface area (Å²) in [6, 6.07) is 3.08. The van der Waals surface area contributed by atoms with Gasteiger partial charge in [0, 0.05) is 17.6 Å². The lowest BCUT2D eigenvalue weighted by Crippen LogP contribution is -2.16. The summed E-state index contributed by atoms with van der Waals surface area (Å²) in [7, 11) is 0. The molecule has 0 radical (unpaired) electrons. The summed E-state index contributed by atoms with van der Waals surface area (Å²) in [5, 5.41) is 2.45. The van der Waals surface area contributed by atoms with Crippen LogP contribution in [0.2, 0.25) is 0 Å². The summed E-state index contributed by atoms with van der Waals surface area (Å²) >= 11 is 0. The Morgan fingerprint density at radius 1 is 1.28 bits per heavy atom. The Morgan fingerprint density at radius 3 is 2.56 bits per heavy atom. The van der Waals surface area contributed by atoms with Gasteiger partial charge in [0.1, 0.15) is 0 Å². The molecule has 1 N–H and O–H groups in total. The molecule has 5 nitrogen and oxygen atoms in total. The highest BCUT2D eigenvalue weighted by Crippen LogP contribution is 2.09. The van der Waals surface area contributed by atoms with E-state index in [2.05, 4.69) is 20.3 Å². The highest BCUT2D eigenvalue weighted by atomic mass is 19.1. The van der Waals surface area contributed by atoms with Gasteiger partial charge in [-0.2, -0.15) is 0 Å². The summed E-state index contributed by atoms with van der Waals surface area (Å²) in [4.78, 5) is 23.5. The number of aromatic nitrogens is 3. The third-order valence-electron chi connectivity index (χ3n) is 2.22. The Morgan fingerprint density at radius 2 is 1.94 bits per heavy atom. The molecule has 0 saturated carbocycles. The molecule has 0 aliphatic carbocycles. The number of nitrogens with zero attached hydrogens (tertiary/aromatic N) is 3. The zero-order chi connectivity index (χ0) is 13.1. The molecule has 2 aromatic rings. The second-order valence-corrected chi connectivity index (χ2v) is 3.78. The Balaban J connectivity index is 2.24. The van der Waals surface area contributed by atoms with Crippen LogP contribution in [0, 0.1) is 19.7 Å². The molecule has 0 aromatic carbocycles. The molecule has 0 aliphatic rings. The predicted molar refractivity (Wildman–Crippen MR) is 63.7 cm³/mol. The van der Waals surface area contributed by atoms with Gasteiger partial charge in [0.25, 0.3) is 5.91 Å². The summed E-state index contributed by atoms with van der Waals surface area (Å²) in [5.74, 6) is -1.12. The van der Waals surface area contributed by atoms with Gasteiger partial charge in [0.2, 0.25) is 5.95 Å². The van der Waals surface area contributed by atoms with Crippen LogP contribution in [0.1, 0.15) is 21.7 Å². The van der Waals surface area contributed by atoms with E-state index in [1.54, 1.807) is 19.9 Å². The highest BCUT2D eigenvalue weighted by Gasteiger charge is 2.12. The van der Waals surface area contributed by atoms with Crippen LogP contribution in [0.3, 0.4) is 0 Å². The van der Waals surface area contributed by atoms with Crippen LogP contribution in [0.15, 0.2) is 24.5 Å². The van der Waals surface area contributed by atoms with Crippen molar-refractivity contribution in [2.45, 2.75) is 13.8 Å². The number of carbonyl (C=O) groups excluding carboxylic acids is 1. The lowest BCUT2D eigenvalue weighted by molar-refractivity contribution is 0.102. The SMILES string of the molecule is Cc1cc(C)nc(NC(=O)c2ccncc2F)n1. The number of pyridine rings is 1.